The maximum atomic E-state index is 13.0. The molecule has 0 heterocycles. The molecule has 4 aliphatic carbocycles. The number of nitrogens with one attached hydrogen (secondary N) is 2. The van der Waals surface area contributed by atoms with Gasteiger partial charge in [0.2, 0.25) is 5.91 Å². The minimum absolute atomic E-state index is 0.0483. The number of para-hydroxylation sites is 1. The largest absolute Gasteiger partial charge is 0.484 e. The second kappa shape index (κ2) is 9.63. The van der Waals surface area contributed by atoms with Crippen LogP contribution in [0, 0.1) is 23.2 Å². The molecule has 6 heteroatoms. The first-order chi connectivity index (χ1) is 14.5. The lowest BCUT2D eigenvalue weighted by Crippen LogP contribution is -2.54. The van der Waals surface area contributed by atoms with E-state index in [1.807, 2.05) is 36.6 Å². The zero-order chi connectivity index (χ0) is 21.0. The number of carbonyl (C=O) groups excluding carboxylic acids is 2. The first kappa shape index (κ1) is 21.5. The number of amides is 2. The average Bonchev–Trinajstić information content (AvgIpc) is 2.73. The molecule has 1 aromatic rings. The molecule has 0 aromatic heterocycles. The molecule has 0 radical (unpaired) electrons. The summed E-state index contributed by atoms with van der Waals surface area (Å²) in [5.74, 6) is 3.79. The Balaban J connectivity index is 1.29. The SMILES string of the molecule is CSCC[C@H](NC(=O)COc1ccccc1)C(=O)NCC12CC3CC(CC(C3)C1)C2. The summed E-state index contributed by atoms with van der Waals surface area (Å²) in [6.45, 7) is 0.684. The second-order valence-corrected chi connectivity index (χ2v) is 10.6. The minimum atomic E-state index is -0.502. The number of thioether (sulfide) groups is 1. The number of hydrogen-bond acceptors (Lipinski definition) is 4. The Kier molecular flexibility index (Phi) is 6.91. The Morgan fingerprint density at radius 3 is 2.33 bits per heavy atom. The highest BCUT2D eigenvalue weighted by Crippen LogP contribution is 2.59. The number of hydrogen-bond donors (Lipinski definition) is 2. The van der Waals surface area contributed by atoms with Crippen molar-refractivity contribution in [1.82, 2.24) is 10.6 Å². The number of ether oxygens (including phenoxy) is 1. The van der Waals surface area contributed by atoms with Gasteiger partial charge in [-0.05, 0) is 92.3 Å². The van der Waals surface area contributed by atoms with Crippen molar-refractivity contribution in [3.8, 4) is 5.75 Å². The Morgan fingerprint density at radius 2 is 1.73 bits per heavy atom. The molecule has 1 atom stereocenters. The van der Waals surface area contributed by atoms with Gasteiger partial charge in [0.05, 0.1) is 0 Å². The molecule has 4 bridgehead atoms. The van der Waals surface area contributed by atoms with Gasteiger partial charge >= 0.3 is 0 Å². The number of rotatable bonds is 10. The third-order valence-corrected chi connectivity index (χ3v) is 7.82. The zero-order valence-corrected chi connectivity index (χ0v) is 18.7. The van der Waals surface area contributed by atoms with Crippen LogP contribution < -0.4 is 15.4 Å². The van der Waals surface area contributed by atoms with E-state index in [4.69, 9.17) is 4.74 Å². The lowest BCUT2D eigenvalue weighted by molar-refractivity contribution is -0.131. The molecule has 0 spiro atoms. The highest BCUT2D eigenvalue weighted by molar-refractivity contribution is 7.98. The van der Waals surface area contributed by atoms with E-state index < -0.39 is 6.04 Å². The van der Waals surface area contributed by atoms with E-state index in [2.05, 4.69) is 10.6 Å². The molecule has 4 fully saturated rings. The first-order valence-electron chi connectivity index (χ1n) is 11.3. The highest BCUT2D eigenvalue weighted by Gasteiger charge is 2.50. The molecule has 4 aliphatic rings. The smallest absolute Gasteiger partial charge is 0.258 e. The summed E-state index contributed by atoms with van der Waals surface area (Å²) in [7, 11) is 0. The summed E-state index contributed by atoms with van der Waals surface area (Å²) in [6, 6.07) is 8.77. The zero-order valence-electron chi connectivity index (χ0n) is 17.9. The quantitative estimate of drug-likeness (QED) is 0.595. The van der Waals surface area contributed by atoms with Crippen LogP contribution in [-0.4, -0.2) is 43.0 Å². The van der Waals surface area contributed by atoms with E-state index in [-0.39, 0.29) is 18.4 Å². The normalized spacial score (nSPS) is 30.0. The van der Waals surface area contributed by atoms with Crippen molar-refractivity contribution in [1.29, 1.82) is 0 Å². The molecule has 30 heavy (non-hydrogen) atoms. The molecule has 0 aliphatic heterocycles. The van der Waals surface area contributed by atoms with Gasteiger partial charge in [-0.3, -0.25) is 9.59 Å². The molecule has 164 valence electrons. The average molecular weight is 431 g/mol. The van der Waals surface area contributed by atoms with Crippen LogP contribution in [0.25, 0.3) is 0 Å². The van der Waals surface area contributed by atoms with E-state index >= 15 is 0 Å². The van der Waals surface area contributed by atoms with Gasteiger partial charge in [0.15, 0.2) is 6.61 Å². The third-order valence-electron chi connectivity index (χ3n) is 7.18. The van der Waals surface area contributed by atoms with E-state index in [1.54, 1.807) is 11.8 Å². The van der Waals surface area contributed by atoms with Gasteiger partial charge < -0.3 is 15.4 Å². The van der Waals surface area contributed by atoms with E-state index in [1.165, 1.54) is 38.5 Å². The van der Waals surface area contributed by atoms with Crippen LogP contribution in [-0.2, 0) is 9.59 Å². The van der Waals surface area contributed by atoms with E-state index in [0.29, 0.717) is 17.6 Å². The molecule has 5 nitrogen and oxygen atoms in total. The maximum absolute atomic E-state index is 13.0. The van der Waals surface area contributed by atoms with Crippen LogP contribution >= 0.6 is 11.8 Å². The van der Waals surface area contributed by atoms with Crippen LogP contribution in [0.5, 0.6) is 5.75 Å². The summed E-state index contributed by atoms with van der Waals surface area (Å²) in [5.41, 5.74) is 0.300. The lowest BCUT2D eigenvalue weighted by atomic mass is 9.49. The van der Waals surface area contributed by atoms with Crippen molar-refractivity contribution < 1.29 is 14.3 Å². The molecular weight excluding hydrogens is 396 g/mol. The van der Waals surface area contributed by atoms with Crippen molar-refractivity contribution >= 4 is 23.6 Å². The number of benzene rings is 1. The fraction of sp³-hybridized carbons (Fsp3) is 0.667. The van der Waals surface area contributed by atoms with Crippen molar-refractivity contribution in [3.05, 3.63) is 30.3 Å². The number of carbonyl (C=O) groups is 2. The van der Waals surface area contributed by atoms with E-state index in [0.717, 1.165) is 30.1 Å². The van der Waals surface area contributed by atoms with Crippen LogP contribution in [0.15, 0.2) is 30.3 Å². The predicted molar refractivity (Wildman–Crippen MR) is 120 cm³/mol. The van der Waals surface area contributed by atoms with Crippen LogP contribution in [0.1, 0.15) is 44.9 Å². The molecule has 0 unspecified atom stereocenters. The van der Waals surface area contributed by atoms with E-state index in [9.17, 15) is 9.59 Å². The van der Waals surface area contributed by atoms with Crippen molar-refractivity contribution in [3.63, 3.8) is 0 Å². The molecule has 1 aromatic carbocycles. The maximum Gasteiger partial charge on any atom is 0.258 e. The molecular formula is C24H34N2O3S. The molecule has 2 N–H and O–H groups in total. The topological polar surface area (TPSA) is 67.4 Å². The summed E-state index contributed by atoms with van der Waals surface area (Å²) in [4.78, 5) is 25.4. The standard InChI is InChI=1S/C24H34N2O3S/c1-30-8-7-21(26-22(27)15-29-20-5-3-2-4-6-20)23(28)25-16-24-12-17-9-18(13-24)11-19(10-17)14-24/h2-6,17-19,21H,7-16H2,1H3,(H,25,28)(H,26,27)/t17?,18?,19?,21-,24?/m0/s1. The summed E-state index contributed by atoms with van der Waals surface area (Å²) >= 11 is 1.69. The van der Waals surface area contributed by atoms with Gasteiger partial charge in [0.25, 0.3) is 5.91 Å². The fourth-order valence-corrected chi connectivity index (χ4v) is 6.78. The van der Waals surface area contributed by atoms with Crippen LogP contribution in [0.3, 0.4) is 0 Å². The molecule has 0 saturated heterocycles. The summed E-state index contributed by atoms with van der Waals surface area (Å²) in [6.07, 6.45) is 10.7. The Labute approximate surface area is 184 Å². The first-order valence-corrected chi connectivity index (χ1v) is 12.7. The summed E-state index contributed by atoms with van der Waals surface area (Å²) in [5, 5.41) is 6.12. The molecule has 5 rings (SSSR count). The van der Waals surface area contributed by atoms with Gasteiger partial charge in [-0.25, -0.2) is 0 Å². The molecule has 2 amide bonds. The van der Waals surface area contributed by atoms with Crippen LogP contribution in [0.4, 0.5) is 0 Å². The monoisotopic (exact) mass is 430 g/mol. The van der Waals surface area contributed by atoms with Gasteiger partial charge in [-0.15, -0.1) is 0 Å². The Morgan fingerprint density at radius 1 is 1.10 bits per heavy atom. The fourth-order valence-electron chi connectivity index (χ4n) is 6.31. The van der Waals surface area contributed by atoms with Gasteiger partial charge in [-0.2, -0.15) is 11.8 Å². The Bertz CT molecular complexity index is 704. The van der Waals surface area contributed by atoms with Crippen molar-refractivity contribution in [2.24, 2.45) is 23.2 Å². The summed E-state index contributed by atoms with van der Waals surface area (Å²) < 4.78 is 5.53. The van der Waals surface area contributed by atoms with Crippen molar-refractivity contribution in [2.75, 3.05) is 25.2 Å². The lowest BCUT2D eigenvalue weighted by Gasteiger charge is -2.57. The second-order valence-electron chi connectivity index (χ2n) is 9.64. The van der Waals surface area contributed by atoms with Crippen molar-refractivity contribution in [2.45, 2.75) is 51.0 Å². The molecule has 4 saturated carbocycles. The van der Waals surface area contributed by atoms with Crippen LogP contribution in [0.2, 0.25) is 0 Å². The minimum Gasteiger partial charge on any atom is -0.484 e. The Hall–Kier alpha value is -1.69. The predicted octanol–water partition coefficient (Wildman–Crippen LogP) is 3.64. The van der Waals surface area contributed by atoms with Gasteiger partial charge in [-0.1, -0.05) is 18.2 Å². The highest BCUT2D eigenvalue weighted by atomic mass is 32.2. The van der Waals surface area contributed by atoms with Gasteiger partial charge in [0, 0.05) is 6.54 Å². The third kappa shape index (κ3) is 5.32. The van der Waals surface area contributed by atoms with Gasteiger partial charge in [0.1, 0.15) is 11.8 Å².